The van der Waals surface area contributed by atoms with E-state index in [0.717, 1.165) is 11.9 Å². The molecule has 0 radical (unpaired) electrons. The number of aryl methyl sites for hydroxylation is 1. The van der Waals surface area contributed by atoms with Crippen molar-refractivity contribution in [3.63, 3.8) is 0 Å². The van der Waals surface area contributed by atoms with Gasteiger partial charge in [0, 0.05) is 11.6 Å². The smallest absolute Gasteiger partial charge is 0.0923 e. The van der Waals surface area contributed by atoms with Crippen molar-refractivity contribution in [1.29, 1.82) is 0 Å². The average molecular weight is 186 g/mol. The molecule has 0 N–H and O–H groups in total. The first-order valence-corrected chi connectivity index (χ1v) is 5.34. The second kappa shape index (κ2) is 2.84. The zero-order valence-electron chi connectivity index (χ0n) is 8.40. The second-order valence-corrected chi connectivity index (χ2v) is 4.09. The molecule has 1 saturated carbocycles. The Labute approximate surface area is 83.5 Å². The van der Waals surface area contributed by atoms with Crippen LogP contribution in [-0.4, -0.2) is 9.78 Å². The third-order valence-electron chi connectivity index (χ3n) is 2.92. The van der Waals surface area contributed by atoms with Gasteiger partial charge >= 0.3 is 0 Å². The van der Waals surface area contributed by atoms with Crippen LogP contribution < -0.4 is 0 Å². The molecule has 1 aromatic heterocycles. The van der Waals surface area contributed by atoms with E-state index >= 15 is 0 Å². The van der Waals surface area contributed by atoms with E-state index in [9.17, 15) is 0 Å². The van der Waals surface area contributed by atoms with Crippen molar-refractivity contribution in [2.45, 2.75) is 32.2 Å². The van der Waals surface area contributed by atoms with E-state index in [1.165, 1.54) is 23.8 Å². The van der Waals surface area contributed by atoms with E-state index < -0.39 is 0 Å². The molecule has 0 aliphatic heterocycles. The Morgan fingerprint density at radius 1 is 1.43 bits per heavy atom. The lowest BCUT2D eigenvalue weighted by atomic mass is 10.1. The van der Waals surface area contributed by atoms with E-state index in [-0.39, 0.29) is 0 Å². The third kappa shape index (κ3) is 1.22. The first-order valence-electron chi connectivity index (χ1n) is 5.34. The van der Waals surface area contributed by atoms with Gasteiger partial charge in [-0.1, -0.05) is 13.0 Å². The van der Waals surface area contributed by atoms with E-state index in [0.29, 0.717) is 6.04 Å². The number of hydrogen-bond donors (Lipinski definition) is 0. The van der Waals surface area contributed by atoms with Gasteiger partial charge in [0.05, 0.1) is 11.6 Å². The van der Waals surface area contributed by atoms with Gasteiger partial charge in [0.2, 0.25) is 0 Å². The van der Waals surface area contributed by atoms with Crippen molar-refractivity contribution in [2.24, 2.45) is 0 Å². The van der Waals surface area contributed by atoms with Gasteiger partial charge in [0.1, 0.15) is 0 Å². The van der Waals surface area contributed by atoms with E-state index in [2.05, 4.69) is 41.1 Å². The molecule has 0 atom stereocenters. The maximum absolute atomic E-state index is 4.57. The fourth-order valence-electron chi connectivity index (χ4n) is 1.84. The van der Waals surface area contributed by atoms with Crippen molar-refractivity contribution in [3.05, 3.63) is 30.0 Å². The molecule has 1 aromatic carbocycles. The van der Waals surface area contributed by atoms with Crippen molar-refractivity contribution in [2.75, 3.05) is 0 Å². The lowest BCUT2D eigenvalue weighted by Gasteiger charge is -1.93. The van der Waals surface area contributed by atoms with Crippen molar-refractivity contribution >= 4 is 10.9 Å². The normalized spacial score (nSPS) is 16.4. The summed E-state index contributed by atoms with van der Waals surface area (Å²) in [5.41, 5.74) is 2.53. The Hall–Kier alpha value is -1.31. The maximum Gasteiger partial charge on any atom is 0.0923 e. The van der Waals surface area contributed by atoms with Crippen LogP contribution in [0.15, 0.2) is 24.4 Å². The third-order valence-corrected chi connectivity index (χ3v) is 2.92. The van der Waals surface area contributed by atoms with Crippen molar-refractivity contribution in [1.82, 2.24) is 9.78 Å². The second-order valence-electron chi connectivity index (χ2n) is 4.09. The largest absolute Gasteiger partial charge is 0.268 e. The molecule has 1 aliphatic rings. The molecular formula is C12H14N2. The Balaban J connectivity index is 2.12. The van der Waals surface area contributed by atoms with Crippen molar-refractivity contribution in [3.8, 4) is 0 Å². The molecule has 2 aromatic rings. The Bertz CT molecular complexity index is 466. The summed E-state index contributed by atoms with van der Waals surface area (Å²) in [6.07, 6.45) is 5.89. The zero-order chi connectivity index (χ0) is 9.54. The highest BCUT2D eigenvalue weighted by molar-refractivity contribution is 5.78. The standard InChI is InChI=1S/C12H14N2/c1-2-9-3-6-12-10(7-9)8-14(13-12)11-4-5-11/h3,6-8,11H,2,4-5H2,1H3. The highest BCUT2D eigenvalue weighted by Crippen LogP contribution is 2.35. The highest BCUT2D eigenvalue weighted by Gasteiger charge is 2.24. The van der Waals surface area contributed by atoms with Gasteiger partial charge in [0.25, 0.3) is 0 Å². The maximum atomic E-state index is 4.57. The molecule has 0 saturated heterocycles. The zero-order valence-corrected chi connectivity index (χ0v) is 8.40. The van der Waals surface area contributed by atoms with Crippen LogP contribution >= 0.6 is 0 Å². The number of rotatable bonds is 2. The number of hydrogen-bond acceptors (Lipinski definition) is 1. The van der Waals surface area contributed by atoms with Crippen LogP contribution in [0.4, 0.5) is 0 Å². The molecule has 0 amide bonds. The van der Waals surface area contributed by atoms with Gasteiger partial charge in [-0.25, -0.2) is 0 Å². The van der Waals surface area contributed by atoms with Crippen LogP contribution in [0.2, 0.25) is 0 Å². The number of fused-ring (bicyclic) bond motifs is 1. The van der Waals surface area contributed by atoms with Crippen LogP contribution in [0.5, 0.6) is 0 Å². The monoisotopic (exact) mass is 186 g/mol. The molecule has 0 bridgehead atoms. The van der Waals surface area contributed by atoms with Crippen LogP contribution in [0.1, 0.15) is 31.4 Å². The molecule has 0 spiro atoms. The molecule has 14 heavy (non-hydrogen) atoms. The lowest BCUT2D eigenvalue weighted by Crippen LogP contribution is -1.92. The highest BCUT2D eigenvalue weighted by atomic mass is 15.3. The predicted molar refractivity (Wildman–Crippen MR) is 57.4 cm³/mol. The number of nitrogens with zero attached hydrogens (tertiary/aromatic N) is 2. The summed E-state index contributed by atoms with van der Waals surface area (Å²) in [4.78, 5) is 0. The Kier molecular flexibility index (Phi) is 1.63. The summed E-state index contributed by atoms with van der Waals surface area (Å²) in [6.45, 7) is 2.19. The molecule has 1 aliphatic carbocycles. The summed E-state index contributed by atoms with van der Waals surface area (Å²) >= 11 is 0. The summed E-state index contributed by atoms with van der Waals surface area (Å²) in [5.74, 6) is 0. The minimum absolute atomic E-state index is 0.687. The number of benzene rings is 1. The SMILES string of the molecule is CCc1ccc2nn(C3CC3)cc2c1. The van der Waals surface area contributed by atoms with E-state index in [1.54, 1.807) is 0 Å². The summed E-state index contributed by atoms with van der Waals surface area (Å²) in [5, 5.41) is 5.85. The van der Waals surface area contributed by atoms with E-state index in [4.69, 9.17) is 0 Å². The topological polar surface area (TPSA) is 17.8 Å². The fraction of sp³-hybridized carbons (Fsp3) is 0.417. The predicted octanol–water partition coefficient (Wildman–Crippen LogP) is 2.93. The summed E-state index contributed by atoms with van der Waals surface area (Å²) in [7, 11) is 0. The van der Waals surface area contributed by atoms with Gasteiger partial charge in [-0.2, -0.15) is 5.10 Å². The molecule has 2 heteroatoms. The van der Waals surface area contributed by atoms with Crippen LogP contribution in [0, 0.1) is 0 Å². The van der Waals surface area contributed by atoms with Gasteiger partial charge < -0.3 is 0 Å². The quantitative estimate of drug-likeness (QED) is 0.705. The van der Waals surface area contributed by atoms with Gasteiger partial charge in [-0.3, -0.25) is 4.68 Å². The molecule has 2 nitrogen and oxygen atoms in total. The Morgan fingerprint density at radius 3 is 3.00 bits per heavy atom. The minimum atomic E-state index is 0.687. The lowest BCUT2D eigenvalue weighted by molar-refractivity contribution is 0.649. The molecule has 1 heterocycles. The first-order chi connectivity index (χ1) is 6.86. The van der Waals surface area contributed by atoms with E-state index in [1.807, 2.05) is 0 Å². The molecule has 72 valence electrons. The van der Waals surface area contributed by atoms with Gasteiger partial charge in [-0.15, -0.1) is 0 Å². The van der Waals surface area contributed by atoms with Crippen molar-refractivity contribution < 1.29 is 0 Å². The van der Waals surface area contributed by atoms with Crippen LogP contribution in [-0.2, 0) is 6.42 Å². The first kappa shape index (κ1) is 8.04. The van der Waals surface area contributed by atoms with Crippen LogP contribution in [0.25, 0.3) is 10.9 Å². The summed E-state index contributed by atoms with van der Waals surface area (Å²) in [6, 6.07) is 7.24. The Morgan fingerprint density at radius 2 is 2.29 bits per heavy atom. The molecule has 0 unspecified atom stereocenters. The van der Waals surface area contributed by atoms with Crippen LogP contribution in [0.3, 0.4) is 0 Å². The fourth-order valence-corrected chi connectivity index (χ4v) is 1.84. The van der Waals surface area contributed by atoms with Gasteiger partial charge in [0.15, 0.2) is 0 Å². The number of aromatic nitrogens is 2. The molecule has 3 rings (SSSR count). The average Bonchev–Trinajstić information content (AvgIpc) is 2.97. The van der Waals surface area contributed by atoms with Gasteiger partial charge in [-0.05, 0) is 37.0 Å². The molecular weight excluding hydrogens is 172 g/mol. The summed E-state index contributed by atoms with van der Waals surface area (Å²) < 4.78 is 2.13. The molecule has 1 fully saturated rings. The minimum Gasteiger partial charge on any atom is -0.268 e.